The van der Waals surface area contributed by atoms with E-state index in [-0.39, 0.29) is 48.8 Å². The van der Waals surface area contributed by atoms with Crippen LogP contribution in [0.3, 0.4) is 0 Å². The van der Waals surface area contributed by atoms with Crippen LogP contribution < -0.4 is 0 Å². The average Bonchev–Trinajstić information content (AvgIpc) is 3.37. The van der Waals surface area contributed by atoms with Gasteiger partial charge >= 0.3 is 30.1 Å². The molecule has 0 aromatic heterocycles. The lowest BCUT2D eigenvalue weighted by molar-refractivity contribution is -0.672. The Balaban J connectivity index is 1.48. The van der Waals surface area contributed by atoms with Crippen molar-refractivity contribution >= 4 is 23.9 Å². The monoisotopic (exact) mass is 561 g/mol. The van der Waals surface area contributed by atoms with Crippen LogP contribution in [0, 0.1) is 0 Å². The number of imide groups is 1. The number of urea groups is 2. The standard InChI is InChI=1S/C27H25F4N4O5/c1-4-40-23(37)15-12-34(19-11-21-20(10-18(19)28)32(2)24(38)33(21)3)25(39)35(22(15)36)13-26(35)9-8-14-16(26)6-5-7-17(14)27(29,30)31/h5-7,10-12,20-21H,4,8-9,13H2,1-3H3/q+1/t20?,21?,26-,35?/m1/s1. The normalized spacial score (nSPS) is 30.9. The van der Waals surface area contributed by atoms with Crippen LogP contribution in [0.4, 0.5) is 27.2 Å². The molecule has 5 aliphatic rings. The van der Waals surface area contributed by atoms with E-state index in [9.17, 15) is 32.3 Å². The van der Waals surface area contributed by atoms with Gasteiger partial charge in [0, 0.05) is 32.3 Å². The van der Waals surface area contributed by atoms with Crippen molar-refractivity contribution < 1.29 is 46.0 Å². The van der Waals surface area contributed by atoms with Crippen LogP contribution in [0.25, 0.3) is 0 Å². The highest BCUT2D eigenvalue weighted by Gasteiger charge is 2.83. The van der Waals surface area contributed by atoms with Gasteiger partial charge in [-0.25, -0.2) is 28.5 Å². The summed E-state index contributed by atoms with van der Waals surface area (Å²) >= 11 is 0. The maximum atomic E-state index is 15.6. The van der Waals surface area contributed by atoms with E-state index in [1.165, 1.54) is 55.1 Å². The molecule has 13 heteroatoms. The van der Waals surface area contributed by atoms with Crippen molar-refractivity contribution in [3.05, 3.63) is 70.3 Å². The molecule has 1 aromatic rings. The third-order valence-electron chi connectivity index (χ3n) is 8.76. The highest BCUT2D eigenvalue weighted by Crippen LogP contribution is 2.62. The molecule has 2 aliphatic carbocycles. The van der Waals surface area contributed by atoms with Gasteiger partial charge in [0.25, 0.3) is 0 Å². The van der Waals surface area contributed by atoms with E-state index in [1.54, 1.807) is 0 Å². The van der Waals surface area contributed by atoms with Crippen molar-refractivity contribution in [3.8, 4) is 0 Å². The third-order valence-corrected chi connectivity index (χ3v) is 8.76. The number of ether oxygens (including phenoxy) is 1. The van der Waals surface area contributed by atoms with E-state index >= 15 is 4.39 Å². The molecule has 1 aromatic carbocycles. The summed E-state index contributed by atoms with van der Waals surface area (Å²) in [5, 5.41) is 0. The van der Waals surface area contributed by atoms with Crippen LogP contribution in [0.1, 0.15) is 30.0 Å². The fourth-order valence-electron chi connectivity index (χ4n) is 6.75. The minimum atomic E-state index is -4.64. The lowest BCUT2D eigenvalue weighted by Crippen LogP contribution is -2.55. The molecule has 40 heavy (non-hydrogen) atoms. The van der Waals surface area contributed by atoms with Crippen molar-refractivity contribution in [1.82, 2.24) is 14.7 Å². The lowest BCUT2D eigenvalue weighted by Gasteiger charge is -2.33. The Kier molecular flexibility index (Phi) is 5.42. The van der Waals surface area contributed by atoms with Gasteiger partial charge in [0.15, 0.2) is 17.7 Å². The van der Waals surface area contributed by atoms with Crippen LogP contribution >= 0.6 is 0 Å². The maximum absolute atomic E-state index is 15.6. The minimum absolute atomic E-state index is 0.00400. The number of allylic oxidation sites excluding steroid dienone is 1. The predicted octanol–water partition coefficient (Wildman–Crippen LogP) is 3.57. The quantitative estimate of drug-likeness (QED) is 0.185. The van der Waals surface area contributed by atoms with Crippen molar-refractivity contribution in [2.75, 3.05) is 27.2 Å². The summed E-state index contributed by atoms with van der Waals surface area (Å²) in [5.74, 6) is -2.78. The number of carbonyl (C=O) groups is 4. The number of hydrogen-bond donors (Lipinski definition) is 0. The number of quaternary nitrogens is 1. The number of carbonyl (C=O) groups excluding carboxylic acids is 4. The Bertz CT molecular complexity index is 1500. The smallest absolute Gasteiger partial charge is 0.436 e. The Labute approximate surface area is 226 Å². The first-order valence-electron chi connectivity index (χ1n) is 12.7. The number of alkyl halides is 3. The second kappa shape index (κ2) is 8.26. The summed E-state index contributed by atoms with van der Waals surface area (Å²) < 4.78 is 61.0. The summed E-state index contributed by atoms with van der Waals surface area (Å²) in [6.07, 6.45) is -1.10. The molecular formula is C27H25F4N4O5+. The second-order valence-electron chi connectivity index (χ2n) is 10.6. The van der Waals surface area contributed by atoms with E-state index in [4.69, 9.17) is 4.74 Å². The number of halogens is 4. The molecule has 3 heterocycles. The Morgan fingerprint density at radius 2 is 1.80 bits per heavy atom. The first-order valence-corrected chi connectivity index (χ1v) is 12.7. The van der Waals surface area contributed by atoms with E-state index in [0.29, 0.717) is 0 Å². The van der Waals surface area contributed by atoms with Crippen LogP contribution in [0.15, 0.2) is 53.6 Å². The van der Waals surface area contributed by atoms with Crippen molar-refractivity contribution in [2.45, 2.75) is 43.6 Å². The molecule has 0 bridgehead atoms. The number of esters is 1. The minimum Gasteiger partial charge on any atom is -0.462 e. The summed E-state index contributed by atoms with van der Waals surface area (Å²) in [6, 6.07) is 1.12. The molecule has 0 saturated carbocycles. The molecule has 2 fully saturated rings. The number of likely N-dealkylation sites (N-methyl/N-ethyl adjacent to an activating group) is 2. The first kappa shape index (κ1) is 26.2. The summed E-state index contributed by atoms with van der Waals surface area (Å²) in [7, 11) is 3.04. The average molecular weight is 562 g/mol. The predicted molar refractivity (Wildman–Crippen MR) is 129 cm³/mol. The van der Waals surface area contributed by atoms with Gasteiger partial charge < -0.3 is 14.5 Å². The maximum Gasteiger partial charge on any atom is 0.436 e. The van der Waals surface area contributed by atoms with Gasteiger partial charge in [0.2, 0.25) is 0 Å². The van der Waals surface area contributed by atoms with Crippen LogP contribution in [0.5, 0.6) is 0 Å². The first-order chi connectivity index (χ1) is 18.8. The number of rotatable bonds is 3. The molecule has 0 N–H and O–H groups in total. The molecule has 9 nitrogen and oxygen atoms in total. The summed E-state index contributed by atoms with van der Waals surface area (Å²) in [5.41, 5.74) is -2.74. The summed E-state index contributed by atoms with van der Waals surface area (Å²) in [6.45, 7) is 1.26. The fourth-order valence-corrected chi connectivity index (χ4v) is 6.75. The van der Waals surface area contributed by atoms with Gasteiger partial charge in [-0.3, -0.25) is 0 Å². The second-order valence-corrected chi connectivity index (χ2v) is 10.6. The topological polar surface area (TPSA) is 87.2 Å². The number of benzene rings is 1. The van der Waals surface area contributed by atoms with E-state index in [1.807, 2.05) is 0 Å². The SMILES string of the molecule is CCOC(=O)C1=CN(C2=CC3C(C=C2F)N(C)C(=O)N3C)C(=O)[N+]2(C[C@@]23CCc2c(C(F)(F)F)cccc23)C1=O. The highest BCUT2D eigenvalue weighted by atomic mass is 19.4. The van der Waals surface area contributed by atoms with Crippen LogP contribution in [0.2, 0.25) is 0 Å². The molecule has 2 spiro atoms. The molecule has 3 unspecified atom stereocenters. The molecule has 2 saturated heterocycles. The molecular weight excluding hydrogens is 536 g/mol. The van der Waals surface area contributed by atoms with Gasteiger partial charge in [0.1, 0.15) is 5.83 Å². The largest absolute Gasteiger partial charge is 0.462 e. The number of fused-ring (bicyclic) bond motifs is 4. The lowest BCUT2D eigenvalue weighted by atomic mass is 9.96. The Morgan fingerprint density at radius 1 is 1.12 bits per heavy atom. The third kappa shape index (κ3) is 3.17. The van der Waals surface area contributed by atoms with Gasteiger partial charge in [-0.15, -0.1) is 0 Å². The molecule has 6 rings (SSSR count). The summed E-state index contributed by atoms with van der Waals surface area (Å²) in [4.78, 5) is 57.0. The number of nitrogens with zero attached hydrogens (tertiary/aromatic N) is 4. The van der Waals surface area contributed by atoms with Crippen molar-refractivity contribution in [1.29, 1.82) is 0 Å². The molecule has 3 aliphatic heterocycles. The molecule has 210 valence electrons. The van der Waals surface area contributed by atoms with Gasteiger partial charge in [-0.05, 0) is 37.1 Å². The van der Waals surface area contributed by atoms with E-state index in [2.05, 4.69) is 0 Å². The van der Waals surface area contributed by atoms with E-state index < -0.39 is 63.2 Å². The Morgan fingerprint density at radius 3 is 2.45 bits per heavy atom. The number of amides is 5. The zero-order chi connectivity index (χ0) is 28.9. The fraction of sp³-hybridized carbons (Fsp3) is 0.407. The molecule has 4 atom stereocenters. The van der Waals surface area contributed by atoms with E-state index in [0.717, 1.165) is 17.2 Å². The van der Waals surface area contributed by atoms with Gasteiger partial charge in [0.05, 0.1) is 30.0 Å². The van der Waals surface area contributed by atoms with Crippen LogP contribution in [-0.2, 0) is 32.5 Å². The zero-order valence-corrected chi connectivity index (χ0v) is 21.8. The van der Waals surface area contributed by atoms with Gasteiger partial charge in [-0.2, -0.15) is 17.7 Å². The molecule has 0 radical (unpaired) electrons. The highest BCUT2D eigenvalue weighted by molar-refractivity contribution is 6.18. The Hall–Kier alpha value is -4.00. The van der Waals surface area contributed by atoms with Crippen molar-refractivity contribution in [2.24, 2.45) is 0 Å². The molecule has 5 amide bonds. The number of hydrogen-bond acceptors (Lipinski definition) is 5. The van der Waals surface area contributed by atoms with Crippen LogP contribution in [-0.4, -0.2) is 82.5 Å². The van der Waals surface area contributed by atoms with Gasteiger partial charge in [-0.1, -0.05) is 12.1 Å². The van der Waals surface area contributed by atoms with Crippen molar-refractivity contribution in [3.63, 3.8) is 0 Å². The zero-order valence-electron chi connectivity index (χ0n) is 21.8.